The Morgan fingerprint density at radius 3 is 2.44 bits per heavy atom. The molecule has 0 radical (unpaired) electrons. The number of rotatable bonds is 11. The summed E-state index contributed by atoms with van der Waals surface area (Å²) in [6.07, 6.45) is 2.89. The van der Waals surface area contributed by atoms with Gasteiger partial charge in [0.2, 0.25) is 15.9 Å². The van der Waals surface area contributed by atoms with Crippen LogP contribution in [0.15, 0.2) is 23.1 Å². The third kappa shape index (κ3) is 6.17. The molecule has 3 rings (SSSR count). The average Bonchev–Trinajstić information content (AvgIpc) is 3.16. The summed E-state index contributed by atoms with van der Waals surface area (Å²) in [4.78, 5) is 20.1. The zero-order chi connectivity index (χ0) is 24.9. The SMILES string of the molecule is CCN(CC)S(=O)(=O)c1ccc2c(c1)nc(CCC(=O)NC1CCN(CC(C)C)CC1)n2CC. The normalized spacial score (nSPS) is 16.1. The van der Waals surface area contributed by atoms with Gasteiger partial charge in [0, 0.05) is 58.2 Å². The Labute approximate surface area is 204 Å². The maximum Gasteiger partial charge on any atom is 0.243 e. The second kappa shape index (κ2) is 11.6. The number of likely N-dealkylation sites (tertiary alicyclic amines) is 1. The summed E-state index contributed by atoms with van der Waals surface area (Å²) < 4.78 is 29.3. The van der Waals surface area contributed by atoms with Crippen molar-refractivity contribution in [2.75, 3.05) is 32.7 Å². The Morgan fingerprint density at radius 1 is 1.18 bits per heavy atom. The van der Waals surface area contributed by atoms with Gasteiger partial charge in [0.15, 0.2) is 0 Å². The zero-order valence-electron chi connectivity index (χ0n) is 21.4. The molecule has 190 valence electrons. The summed E-state index contributed by atoms with van der Waals surface area (Å²) in [5.41, 5.74) is 1.55. The number of imidazole rings is 1. The summed E-state index contributed by atoms with van der Waals surface area (Å²) in [6, 6.07) is 5.39. The second-order valence-corrected chi connectivity index (χ2v) is 11.5. The van der Waals surface area contributed by atoms with E-state index in [0.29, 0.717) is 43.9 Å². The number of benzene rings is 1. The van der Waals surface area contributed by atoms with Gasteiger partial charge in [-0.15, -0.1) is 0 Å². The lowest BCUT2D eigenvalue weighted by molar-refractivity contribution is -0.122. The summed E-state index contributed by atoms with van der Waals surface area (Å²) >= 11 is 0. The quantitative estimate of drug-likeness (QED) is 0.521. The van der Waals surface area contributed by atoms with Gasteiger partial charge in [-0.25, -0.2) is 13.4 Å². The molecule has 1 fully saturated rings. The molecular weight excluding hydrogens is 450 g/mol. The predicted octanol–water partition coefficient (Wildman–Crippen LogP) is 3.26. The number of carbonyl (C=O) groups is 1. The Hall–Kier alpha value is -1.97. The van der Waals surface area contributed by atoms with Crippen molar-refractivity contribution < 1.29 is 13.2 Å². The van der Waals surface area contributed by atoms with Gasteiger partial charge in [0.1, 0.15) is 5.82 Å². The molecule has 0 aliphatic carbocycles. The first-order valence-corrected chi connectivity index (χ1v) is 14.1. The fourth-order valence-electron chi connectivity index (χ4n) is 4.88. The van der Waals surface area contributed by atoms with Gasteiger partial charge in [0.05, 0.1) is 15.9 Å². The standard InChI is InChI=1S/C25H41N5O3S/c1-6-29(7-2)34(32,33)21-9-10-23-22(17-21)27-24(30(23)8-3)11-12-25(31)26-20-13-15-28(16-14-20)18-19(4)5/h9-10,17,19-20H,6-8,11-16,18H2,1-5H3,(H,26,31). The third-order valence-corrected chi connectivity index (χ3v) is 8.66. The highest BCUT2D eigenvalue weighted by atomic mass is 32.2. The molecule has 1 aromatic heterocycles. The number of amides is 1. The van der Waals surface area contributed by atoms with Crippen LogP contribution < -0.4 is 5.32 Å². The molecule has 1 aliphatic rings. The van der Waals surface area contributed by atoms with Crippen molar-refractivity contribution in [2.45, 2.75) is 77.8 Å². The molecule has 1 aliphatic heterocycles. The van der Waals surface area contributed by atoms with E-state index in [0.717, 1.165) is 43.8 Å². The fraction of sp³-hybridized carbons (Fsp3) is 0.680. The second-order valence-electron chi connectivity index (χ2n) is 9.55. The van der Waals surface area contributed by atoms with E-state index < -0.39 is 10.0 Å². The predicted molar refractivity (Wildman–Crippen MR) is 136 cm³/mol. The lowest BCUT2D eigenvalue weighted by atomic mass is 10.0. The van der Waals surface area contributed by atoms with Crippen LogP contribution in [0.2, 0.25) is 0 Å². The van der Waals surface area contributed by atoms with Crippen LogP contribution in [0.25, 0.3) is 11.0 Å². The van der Waals surface area contributed by atoms with Crippen LogP contribution in [-0.4, -0.2) is 71.8 Å². The molecule has 1 amide bonds. The number of nitrogens with zero attached hydrogens (tertiary/aromatic N) is 4. The molecule has 34 heavy (non-hydrogen) atoms. The van der Waals surface area contributed by atoms with Crippen molar-refractivity contribution in [1.82, 2.24) is 24.1 Å². The monoisotopic (exact) mass is 491 g/mol. The van der Waals surface area contributed by atoms with Crippen LogP contribution in [-0.2, 0) is 27.8 Å². The Kier molecular flexibility index (Phi) is 9.12. The van der Waals surface area contributed by atoms with Gasteiger partial charge in [-0.05, 0) is 43.9 Å². The Bertz CT molecular complexity index is 1070. The van der Waals surface area contributed by atoms with E-state index >= 15 is 0 Å². The van der Waals surface area contributed by atoms with E-state index in [9.17, 15) is 13.2 Å². The highest BCUT2D eigenvalue weighted by Gasteiger charge is 2.24. The molecule has 1 saturated heterocycles. The highest BCUT2D eigenvalue weighted by Crippen LogP contribution is 2.23. The van der Waals surface area contributed by atoms with Gasteiger partial charge in [0.25, 0.3) is 0 Å². The van der Waals surface area contributed by atoms with E-state index in [1.165, 1.54) is 4.31 Å². The van der Waals surface area contributed by atoms with E-state index in [1.54, 1.807) is 12.1 Å². The smallest absolute Gasteiger partial charge is 0.243 e. The minimum absolute atomic E-state index is 0.0572. The van der Waals surface area contributed by atoms with Crippen LogP contribution in [0, 0.1) is 5.92 Å². The van der Waals surface area contributed by atoms with Crippen molar-refractivity contribution in [3.05, 3.63) is 24.0 Å². The number of hydrogen-bond acceptors (Lipinski definition) is 5. The topological polar surface area (TPSA) is 87.5 Å². The largest absolute Gasteiger partial charge is 0.353 e. The molecule has 0 spiro atoms. The molecule has 1 aromatic carbocycles. The summed E-state index contributed by atoms with van der Waals surface area (Å²) in [5, 5.41) is 3.20. The lowest BCUT2D eigenvalue weighted by Crippen LogP contribution is -2.45. The van der Waals surface area contributed by atoms with Crippen molar-refractivity contribution in [3.8, 4) is 0 Å². The lowest BCUT2D eigenvalue weighted by Gasteiger charge is -2.33. The molecule has 8 nitrogen and oxygen atoms in total. The first kappa shape index (κ1) is 26.6. The van der Waals surface area contributed by atoms with Gasteiger partial charge >= 0.3 is 0 Å². The van der Waals surface area contributed by atoms with Gasteiger partial charge < -0.3 is 14.8 Å². The molecule has 0 unspecified atom stereocenters. The molecule has 0 atom stereocenters. The molecule has 1 N–H and O–H groups in total. The van der Waals surface area contributed by atoms with Crippen LogP contribution in [0.5, 0.6) is 0 Å². The third-order valence-electron chi connectivity index (χ3n) is 6.61. The molecule has 0 bridgehead atoms. The first-order valence-electron chi connectivity index (χ1n) is 12.7. The first-order chi connectivity index (χ1) is 16.2. The van der Waals surface area contributed by atoms with Crippen molar-refractivity contribution in [1.29, 1.82) is 0 Å². The minimum atomic E-state index is -3.54. The number of carbonyl (C=O) groups excluding carboxylic acids is 1. The maximum absolute atomic E-state index is 12.9. The highest BCUT2D eigenvalue weighted by molar-refractivity contribution is 7.89. The average molecular weight is 492 g/mol. The molecule has 2 aromatic rings. The molecule has 2 heterocycles. The summed E-state index contributed by atoms with van der Waals surface area (Å²) in [7, 11) is -3.54. The van der Waals surface area contributed by atoms with Gasteiger partial charge in [-0.1, -0.05) is 27.7 Å². The van der Waals surface area contributed by atoms with Crippen molar-refractivity contribution in [3.63, 3.8) is 0 Å². The number of aromatic nitrogens is 2. The fourth-order valence-corrected chi connectivity index (χ4v) is 6.36. The van der Waals surface area contributed by atoms with E-state index in [2.05, 4.69) is 28.6 Å². The molecule has 0 saturated carbocycles. The Balaban J connectivity index is 1.65. The van der Waals surface area contributed by atoms with Crippen molar-refractivity contribution in [2.24, 2.45) is 5.92 Å². The van der Waals surface area contributed by atoms with Gasteiger partial charge in [-0.2, -0.15) is 4.31 Å². The number of hydrogen-bond donors (Lipinski definition) is 1. The van der Waals surface area contributed by atoms with Crippen LogP contribution >= 0.6 is 0 Å². The number of aryl methyl sites for hydroxylation is 2. The van der Waals surface area contributed by atoms with Crippen molar-refractivity contribution >= 4 is 27.0 Å². The minimum Gasteiger partial charge on any atom is -0.353 e. The number of piperidine rings is 1. The zero-order valence-corrected chi connectivity index (χ0v) is 22.2. The Morgan fingerprint density at radius 2 is 1.85 bits per heavy atom. The molecule has 9 heteroatoms. The maximum atomic E-state index is 12.9. The summed E-state index contributed by atoms with van der Waals surface area (Å²) in [6.45, 7) is 14.9. The van der Waals surface area contributed by atoms with Crippen LogP contribution in [0.3, 0.4) is 0 Å². The van der Waals surface area contributed by atoms with E-state index in [1.807, 2.05) is 26.8 Å². The number of fused-ring (bicyclic) bond motifs is 1. The van der Waals surface area contributed by atoms with E-state index in [4.69, 9.17) is 4.98 Å². The van der Waals surface area contributed by atoms with Gasteiger partial charge in [-0.3, -0.25) is 4.79 Å². The molecular formula is C25H41N5O3S. The van der Waals surface area contributed by atoms with Crippen LogP contribution in [0.4, 0.5) is 0 Å². The van der Waals surface area contributed by atoms with Crippen LogP contribution in [0.1, 0.15) is 59.7 Å². The number of nitrogens with one attached hydrogen (secondary N) is 1. The van der Waals surface area contributed by atoms with E-state index in [-0.39, 0.29) is 16.8 Å². The summed E-state index contributed by atoms with van der Waals surface area (Å²) in [5.74, 6) is 1.54. The number of sulfonamides is 1.